The molecule has 0 amide bonds. The van der Waals surface area contributed by atoms with Gasteiger partial charge >= 0.3 is 5.97 Å². The number of hydrogen-bond acceptors (Lipinski definition) is 5. The van der Waals surface area contributed by atoms with E-state index in [-0.39, 0.29) is 17.9 Å². The number of halogens is 1. The second-order valence-electron chi connectivity index (χ2n) is 3.96. The molecule has 0 aliphatic carbocycles. The first-order valence-electron chi connectivity index (χ1n) is 5.38. The second kappa shape index (κ2) is 6.25. The van der Waals surface area contributed by atoms with Crippen molar-refractivity contribution in [1.82, 2.24) is 0 Å². The van der Waals surface area contributed by atoms with Gasteiger partial charge in [0, 0.05) is 4.47 Å². The SMILES string of the molecule is COC(=O)CCS(=O)(=O)Nc1c(N)cc(C)cc1Br. The lowest BCUT2D eigenvalue weighted by Gasteiger charge is -2.12. The van der Waals surface area contributed by atoms with Gasteiger partial charge in [-0.1, -0.05) is 0 Å². The summed E-state index contributed by atoms with van der Waals surface area (Å²) >= 11 is 3.25. The fourth-order valence-electron chi connectivity index (χ4n) is 1.40. The van der Waals surface area contributed by atoms with Gasteiger partial charge in [0.25, 0.3) is 0 Å². The number of methoxy groups -OCH3 is 1. The smallest absolute Gasteiger partial charge is 0.306 e. The van der Waals surface area contributed by atoms with E-state index in [0.29, 0.717) is 10.2 Å². The van der Waals surface area contributed by atoms with E-state index in [1.54, 1.807) is 12.1 Å². The molecule has 0 aliphatic heterocycles. The lowest BCUT2D eigenvalue weighted by atomic mass is 10.2. The fourth-order valence-corrected chi connectivity index (χ4v) is 3.30. The van der Waals surface area contributed by atoms with Crippen LogP contribution in [0.25, 0.3) is 0 Å². The molecule has 106 valence electrons. The molecule has 3 N–H and O–H groups in total. The largest absolute Gasteiger partial charge is 0.469 e. The third kappa shape index (κ3) is 4.71. The Kier molecular flexibility index (Phi) is 5.19. The Labute approximate surface area is 120 Å². The van der Waals surface area contributed by atoms with Crippen LogP contribution in [0.15, 0.2) is 16.6 Å². The highest BCUT2D eigenvalue weighted by Gasteiger charge is 2.17. The number of hydrogen-bond donors (Lipinski definition) is 2. The molecule has 1 aromatic rings. The molecule has 1 aromatic carbocycles. The van der Waals surface area contributed by atoms with Crippen LogP contribution >= 0.6 is 15.9 Å². The van der Waals surface area contributed by atoms with Gasteiger partial charge in [0.05, 0.1) is 30.7 Å². The van der Waals surface area contributed by atoms with Gasteiger partial charge in [-0.2, -0.15) is 0 Å². The van der Waals surface area contributed by atoms with Crippen LogP contribution in [0.4, 0.5) is 11.4 Å². The number of carbonyl (C=O) groups is 1. The molecule has 0 saturated heterocycles. The van der Waals surface area contributed by atoms with E-state index in [4.69, 9.17) is 5.73 Å². The molecule has 19 heavy (non-hydrogen) atoms. The van der Waals surface area contributed by atoms with E-state index in [2.05, 4.69) is 25.4 Å². The molecule has 0 spiro atoms. The van der Waals surface area contributed by atoms with Crippen molar-refractivity contribution in [3.63, 3.8) is 0 Å². The number of carbonyl (C=O) groups excluding carboxylic acids is 1. The number of esters is 1. The Morgan fingerprint density at radius 1 is 1.47 bits per heavy atom. The van der Waals surface area contributed by atoms with Gasteiger partial charge in [0.2, 0.25) is 10.0 Å². The molecule has 0 aliphatic rings. The van der Waals surface area contributed by atoms with E-state index in [1.165, 1.54) is 7.11 Å². The monoisotopic (exact) mass is 350 g/mol. The molecule has 0 atom stereocenters. The summed E-state index contributed by atoms with van der Waals surface area (Å²) in [7, 11) is -2.45. The van der Waals surface area contributed by atoms with Crippen LogP contribution < -0.4 is 10.5 Å². The zero-order valence-corrected chi connectivity index (χ0v) is 13.0. The Morgan fingerprint density at radius 2 is 2.11 bits per heavy atom. The minimum absolute atomic E-state index is 0.213. The molecular formula is C11H15BrN2O4S. The van der Waals surface area contributed by atoms with Crippen molar-refractivity contribution < 1.29 is 17.9 Å². The maximum atomic E-state index is 11.8. The lowest BCUT2D eigenvalue weighted by molar-refractivity contribution is -0.140. The predicted octanol–water partition coefficient (Wildman–Crippen LogP) is 1.64. The molecule has 1 rings (SSSR count). The van der Waals surface area contributed by atoms with Crippen molar-refractivity contribution >= 4 is 43.3 Å². The molecule has 8 heteroatoms. The van der Waals surface area contributed by atoms with Crippen LogP contribution in [-0.4, -0.2) is 27.2 Å². The summed E-state index contributed by atoms with van der Waals surface area (Å²) in [6.07, 6.45) is -0.213. The van der Waals surface area contributed by atoms with Gasteiger partial charge in [0.15, 0.2) is 0 Å². The second-order valence-corrected chi connectivity index (χ2v) is 6.65. The Morgan fingerprint density at radius 3 is 2.63 bits per heavy atom. The number of nitrogen functional groups attached to an aromatic ring is 1. The summed E-state index contributed by atoms with van der Waals surface area (Å²) in [6.45, 7) is 1.84. The van der Waals surface area contributed by atoms with Crippen LogP contribution in [0.3, 0.4) is 0 Å². The zero-order valence-electron chi connectivity index (χ0n) is 10.6. The maximum absolute atomic E-state index is 11.8. The third-order valence-electron chi connectivity index (χ3n) is 2.33. The van der Waals surface area contributed by atoms with Gasteiger partial charge < -0.3 is 10.5 Å². The molecule has 0 fully saturated rings. The summed E-state index contributed by atoms with van der Waals surface area (Å²) in [6, 6.07) is 3.40. The van der Waals surface area contributed by atoms with Crippen LogP contribution in [-0.2, 0) is 19.6 Å². The molecular weight excluding hydrogens is 336 g/mol. The van der Waals surface area contributed by atoms with Crippen LogP contribution in [0, 0.1) is 6.92 Å². The van der Waals surface area contributed by atoms with Crippen LogP contribution in [0.1, 0.15) is 12.0 Å². The number of nitrogens with one attached hydrogen (secondary N) is 1. The minimum Gasteiger partial charge on any atom is -0.469 e. The molecule has 0 radical (unpaired) electrons. The maximum Gasteiger partial charge on any atom is 0.306 e. The number of anilines is 2. The normalized spacial score (nSPS) is 11.1. The highest BCUT2D eigenvalue weighted by atomic mass is 79.9. The Hall–Kier alpha value is -1.28. The summed E-state index contributed by atoms with van der Waals surface area (Å²) in [5.41, 5.74) is 7.25. The van der Waals surface area contributed by atoms with Crippen molar-refractivity contribution in [3.05, 3.63) is 22.2 Å². The van der Waals surface area contributed by atoms with Crippen molar-refractivity contribution in [1.29, 1.82) is 0 Å². The Balaban J connectivity index is 2.87. The number of aryl methyl sites for hydroxylation is 1. The summed E-state index contributed by atoms with van der Waals surface area (Å²) in [5, 5.41) is 0. The van der Waals surface area contributed by atoms with E-state index in [1.807, 2.05) is 6.92 Å². The van der Waals surface area contributed by atoms with E-state index in [0.717, 1.165) is 5.56 Å². The van der Waals surface area contributed by atoms with E-state index < -0.39 is 16.0 Å². The molecule has 0 heterocycles. The summed E-state index contributed by atoms with van der Waals surface area (Å²) in [5.74, 6) is -0.944. The van der Waals surface area contributed by atoms with E-state index >= 15 is 0 Å². The molecule has 0 aromatic heterocycles. The number of benzene rings is 1. The number of sulfonamides is 1. The van der Waals surface area contributed by atoms with Crippen molar-refractivity contribution in [3.8, 4) is 0 Å². The number of rotatable bonds is 5. The first-order chi connectivity index (χ1) is 8.75. The highest BCUT2D eigenvalue weighted by Crippen LogP contribution is 2.31. The van der Waals surface area contributed by atoms with Crippen molar-refractivity contribution in [2.75, 3.05) is 23.3 Å². The molecule has 0 bridgehead atoms. The molecule has 0 unspecified atom stereocenters. The third-order valence-corrected chi connectivity index (χ3v) is 4.21. The summed E-state index contributed by atoms with van der Waals surface area (Å²) < 4.78 is 30.9. The van der Waals surface area contributed by atoms with Crippen LogP contribution in [0.2, 0.25) is 0 Å². The van der Waals surface area contributed by atoms with Crippen molar-refractivity contribution in [2.45, 2.75) is 13.3 Å². The minimum atomic E-state index is -3.66. The topological polar surface area (TPSA) is 98.5 Å². The first-order valence-corrected chi connectivity index (χ1v) is 7.82. The van der Waals surface area contributed by atoms with Crippen molar-refractivity contribution in [2.24, 2.45) is 0 Å². The average Bonchev–Trinajstić information content (AvgIpc) is 2.31. The van der Waals surface area contributed by atoms with Gasteiger partial charge in [0.1, 0.15) is 0 Å². The molecule has 0 saturated carbocycles. The van der Waals surface area contributed by atoms with Gasteiger partial charge in [-0.3, -0.25) is 9.52 Å². The number of ether oxygens (including phenoxy) is 1. The fraction of sp³-hybridized carbons (Fsp3) is 0.364. The Bertz CT molecular complexity index is 563. The number of nitrogens with two attached hydrogens (primary N) is 1. The first kappa shape index (κ1) is 15.8. The quantitative estimate of drug-likeness (QED) is 0.621. The van der Waals surface area contributed by atoms with Gasteiger partial charge in [-0.05, 0) is 40.5 Å². The molecule has 6 nitrogen and oxygen atoms in total. The van der Waals surface area contributed by atoms with Gasteiger partial charge in [-0.15, -0.1) is 0 Å². The summed E-state index contributed by atoms with van der Waals surface area (Å²) in [4.78, 5) is 10.9. The van der Waals surface area contributed by atoms with Gasteiger partial charge in [-0.25, -0.2) is 8.42 Å². The van der Waals surface area contributed by atoms with E-state index in [9.17, 15) is 13.2 Å². The lowest BCUT2D eigenvalue weighted by Crippen LogP contribution is -2.20. The highest BCUT2D eigenvalue weighted by molar-refractivity contribution is 9.10. The predicted molar refractivity (Wildman–Crippen MR) is 77.3 cm³/mol. The zero-order chi connectivity index (χ0) is 14.6. The average molecular weight is 351 g/mol. The van der Waals surface area contributed by atoms with Crippen LogP contribution in [0.5, 0.6) is 0 Å². The standard InChI is InChI=1S/C11H15BrN2O4S/c1-7-5-8(12)11(9(13)6-7)14-19(16,17)4-3-10(15)18-2/h5-6,14H,3-4,13H2,1-2H3.